The smallest absolute Gasteiger partial charge is 0.222 e. The number of hydrogen-bond acceptors (Lipinski definition) is 3. The fourth-order valence-electron chi connectivity index (χ4n) is 2.91. The SMILES string of the molecule is C[C@@H](CCC(=O)N(C)Cc1cccc(O)c1)N1CCCC1. The first-order valence-corrected chi connectivity index (χ1v) is 7.82. The Morgan fingerprint density at radius 3 is 2.76 bits per heavy atom. The normalized spacial score (nSPS) is 16.9. The van der Waals surface area contributed by atoms with Gasteiger partial charge in [0.25, 0.3) is 0 Å². The van der Waals surface area contributed by atoms with Crippen LogP contribution in [-0.4, -0.2) is 47.0 Å². The molecule has 0 unspecified atom stereocenters. The van der Waals surface area contributed by atoms with Crippen LogP contribution in [0.2, 0.25) is 0 Å². The summed E-state index contributed by atoms with van der Waals surface area (Å²) in [6, 6.07) is 7.57. The zero-order valence-corrected chi connectivity index (χ0v) is 13.1. The highest BCUT2D eigenvalue weighted by atomic mass is 16.3. The summed E-state index contributed by atoms with van der Waals surface area (Å²) in [5.74, 6) is 0.417. The van der Waals surface area contributed by atoms with Gasteiger partial charge in [0.1, 0.15) is 5.75 Å². The zero-order valence-electron chi connectivity index (χ0n) is 13.1. The first kappa shape index (κ1) is 15.8. The lowest BCUT2D eigenvalue weighted by atomic mass is 10.1. The topological polar surface area (TPSA) is 43.8 Å². The molecule has 1 aliphatic rings. The predicted molar refractivity (Wildman–Crippen MR) is 84.1 cm³/mol. The highest BCUT2D eigenvalue weighted by molar-refractivity contribution is 5.75. The summed E-state index contributed by atoms with van der Waals surface area (Å²) < 4.78 is 0. The molecule has 1 aromatic rings. The van der Waals surface area contributed by atoms with Crippen molar-refractivity contribution in [3.63, 3.8) is 0 Å². The summed E-state index contributed by atoms with van der Waals surface area (Å²) in [6.07, 6.45) is 4.08. The largest absolute Gasteiger partial charge is 0.508 e. The number of carbonyl (C=O) groups excluding carboxylic acids is 1. The van der Waals surface area contributed by atoms with Crippen molar-refractivity contribution in [3.05, 3.63) is 29.8 Å². The van der Waals surface area contributed by atoms with Gasteiger partial charge in [-0.15, -0.1) is 0 Å². The van der Waals surface area contributed by atoms with Gasteiger partial charge in [0.2, 0.25) is 5.91 Å². The molecule has 0 aliphatic carbocycles. The van der Waals surface area contributed by atoms with E-state index < -0.39 is 0 Å². The van der Waals surface area contributed by atoms with Crippen molar-refractivity contribution in [1.82, 2.24) is 9.80 Å². The molecule has 0 spiro atoms. The van der Waals surface area contributed by atoms with E-state index in [-0.39, 0.29) is 11.7 Å². The lowest BCUT2D eigenvalue weighted by molar-refractivity contribution is -0.130. The Morgan fingerprint density at radius 2 is 2.10 bits per heavy atom. The van der Waals surface area contributed by atoms with Crippen LogP contribution in [0.3, 0.4) is 0 Å². The maximum absolute atomic E-state index is 12.2. The third kappa shape index (κ3) is 4.74. The molecular weight excluding hydrogens is 264 g/mol. The van der Waals surface area contributed by atoms with Crippen molar-refractivity contribution >= 4 is 5.91 Å². The number of likely N-dealkylation sites (tertiary alicyclic amines) is 1. The minimum Gasteiger partial charge on any atom is -0.508 e. The van der Waals surface area contributed by atoms with Crippen LogP contribution in [0.4, 0.5) is 0 Å². The standard InChI is InChI=1S/C17H26N2O2/c1-14(19-10-3-4-11-19)8-9-17(21)18(2)13-15-6-5-7-16(20)12-15/h5-7,12,14,20H,3-4,8-11,13H2,1-2H3/t14-/m0/s1. The molecule has 0 saturated carbocycles. The van der Waals surface area contributed by atoms with E-state index in [0.29, 0.717) is 19.0 Å². The van der Waals surface area contributed by atoms with Gasteiger partial charge in [0.05, 0.1) is 0 Å². The van der Waals surface area contributed by atoms with Gasteiger partial charge in [0.15, 0.2) is 0 Å². The summed E-state index contributed by atoms with van der Waals surface area (Å²) in [5, 5.41) is 9.45. The van der Waals surface area contributed by atoms with Crippen molar-refractivity contribution < 1.29 is 9.90 Å². The molecule has 1 aliphatic heterocycles. The number of aromatic hydroxyl groups is 1. The molecule has 1 fully saturated rings. The number of phenols is 1. The summed E-state index contributed by atoms with van der Waals surface area (Å²) in [7, 11) is 1.83. The van der Waals surface area contributed by atoms with Gasteiger partial charge in [-0.05, 0) is 57.0 Å². The van der Waals surface area contributed by atoms with Crippen LogP contribution >= 0.6 is 0 Å². The monoisotopic (exact) mass is 290 g/mol. The lowest BCUT2D eigenvalue weighted by Gasteiger charge is -2.24. The molecule has 1 aromatic carbocycles. The average Bonchev–Trinajstić information content (AvgIpc) is 2.98. The molecule has 1 N–H and O–H groups in total. The Kier molecular flexibility index (Phi) is 5.62. The molecule has 116 valence electrons. The highest BCUT2D eigenvalue weighted by Gasteiger charge is 2.19. The average molecular weight is 290 g/mol. The zero-order chi connectivity index (χ0) is 15.2. The molecule has 4 nitrogen and oxygen atoms in total. The van der Waals surface area contributed by atoms with Gasteiger partial charge in [0, 0.05) is 26.1 Å². The Labute approximate surface area is 127 Å². The molecule has 2 rings (SSSR count). The van der Waals surface area contributed by atoms with Crippen molar-refractivity contribution in [2.24, 2.45) is 0 Å². The van der Waals surface area contributed by atoms with E-state index in [4.69, 9.17) is 0 Å². The molecule has 0 bridgehead atoms. The number of rotatable bonds is 6. The van der Waals surface area contributed by atoms with E-state index in [1.165, 1.54) is 25.9 Å². The number of benzene rings is 1. The maximum atomic E-state index is 12.2. The van der Waals surface area contributed by atoms with E-state index >= 15 is 0 Å². The van der Waals surface area contributed by atoms with Crippen LogP contribution in [0.15, 0.2) is 24.3 Å². The lowest BCUT2D eigenvalue weighted by Crippen LogP contribution is -2.32. The Hall–Kier alpha value is -1.55. The van der Waals surface area contributed by atoms with E-state index in [1.54, 1.807) is 23.1 Å². The van der Waals surface area contributed by atoms with Crippen molar-refractivity contribution in [2.75, 3.05) is 20.1 Å². The highest BCUT2D eigenvalue weighted by Crippen LogP contribution is 2.16. The van der Waals surface area contributed by atoms with Crippen molar-refractivity contribution in [2.45, 2.75) is 45.2 Å². The summed E-state index contributed by atoms with van der Waals surface area (Å²) >= 11 is 0. The van der Waals surface area contributed by atoms with Crippen LogP contribution in [-0.2, 0) is 11.3 Å². The third-order valence-corrected chi connectivity index (χ3v) is 4.30. The van der Waals surface area contributed by atoms with Gasteiger partial charge in [-0.1, -0.05) is 12.1 Å². The molecule has 0 radical (unpaired) electrons. The summed E-state index contributed by atoms with van der Waals surface area (Å²) in [6.45, 7) is 5.11. The molecule has 1 amide bonds. The van der Waals surface area contributed by atoms with Crippen LogP contribution in [0, 0.1) is 0 Å². The third-order valence-electron chi connectivity index (χ3n) is 4.30. The number of amides is 1. The number of phenolic OH excluding ortho intramolecular Hbond substituents is 1. The summed E-state index contributed by atoms with van der Waals surface area (Å²) in [4.78, 5) is 16.4. The number of carbonyl (C=O) groups is 1. The van der Waals surface area contributed by atoms with E-state index in [1.807, 2.05) is 13.1 Å². The second kappa shape index (κ2) is 7.46. The van der Waals surface area contributed by atoms with Gasteiger partial charge < -0.3 is 14.9 Å². The molecule has 4 heteroatoms. The number of nitrogens with zero attached hydrogens (tertiary/aromatic N) is 2. The van der Waals surface area contributed by atoms with Crippen molar-refractivity contribution in [1.29, 1.82) is 0 Å². The van der Waals surface area contributed by atoms with Crippen LogP contribution < -0.4 is 0 Å². The predicted octanol–water partition coefficient (Wildman–Crippen LogP) is 2.62. The minimum atomic E-state index is 0.171. The van der Waals surface area contributed by atoms with Gasteiger partial charge in [-0.2, -0.15) is 0 Å². The van der Waals surface area contributed by atoms with Gasteiger partial charge >= 0.3 is 0 Å². The Morgan fingerprint density at radius 1 is 1.38 bits per heavy atom. The maximum Gasteiger partial charge on any atom is 0.222 e. The molecule has 1 saturated heterocycles. The van der Waals surface area contributed by atoms with Crippen LogP contribution in [0.1, 0.15) is 38.2 Å². The minimum absolute atomic E-state index is 0.171. The van der Waals surface area contributed by atoms with E-state index in [9.17, 15) is 9.90 Å². The molecule has 21 heavy (non-hydrogen) atoms. The van der Waals surface area contributed by atoms with Gasteiger partial charge in [-0.3, -0.25) is 4.79 Å². The van der Waals surface area contributed by atoms with Crippen molar-refractivity contribution in [3.8, 4) is 5.75 Å². The van der Waals surface area contributed by atoms with E-state index in [0.717, 1.165) is 12.0 Å². The number of hydrogen-bond donors (Lipinski definition) is 1. The molecule has 1 atom stereocenters. The second-order valence-corrected chi connectivity index (χ2v) is 6.05. The molecule has 0 aromatic heterocycles. The Balaban J connectivity index is 1.77. The second-order valence-electron chi connectivity index (χ2n) is 6.05. The summed E-state index contributed by atoms with van der Waals surface area (Å²) in [5.41, 5.74) is 0.957. The molecular formula is C17H26N2O2. The van der Waals surface area contributed by atoms with Crippen LogP contribution in [0.5, 0.6) is 5.75 Å². The Bertz CT molecular complexity index is 470. The first-order valence-electron chi connectivity index (χ1n) is 7.82. The fraction of sp³-hybridized carbons (Fsp3) is 0.588. The van der Waals surface area contributed by atoms with E-state index in [2.05, 4.69) is 11.8 Å². The quantitative estimate of drug-likeness (QED) is 0.876. The van der Waals surface area contributed by atoms with Gasteiger partial charge in [-0.25, -0.2) is 0 Å². The molecule has 1 heterocycles. The van der Waals surface area contributed by atoms with Crippen LogP contribution in [0.25, 0.3) is 0 Å². The fourth-order valence-corrected chi connectivity index (χ4v) is 2.91. The first-order chi connectivity index (χ1) is 10.1.